The van der Waals surface area contributed by atoms with Crippen LogP contribution in [0, 0.1) is 0 Å². The second-order valence-corrected chi connectivity index (χ2v) is 5.23. The second kappa shape index (κ2) is 8.98. The molecule has 6 heteroatoms. The zero-order valence-corrected chi connectivity index (χ0v) is 13.0. The van der Waals surface area contributed by atoms with E-state index in [9.17, 15) is 18.7 Å². The first kappa shape index (κ1) is 17.9. The van der Waals surface area contributed by atoms with Crippen LogP contribution < -0.4 is 10.1 Å². The number of alkyl halides is 2. The average Bonchev–Trinajstić information content (AvgIpc) is 2.59. The van der Waals surface area contributed by atoms with Gasteiger partial charge in [0.2, 0.25) is 5.91 Å². The van der Waals surface area contributed by atoms with E-state index in [1.807, 2.05) is 24.3 Å². The molecule has 0 aliphatic carbocycles. The van der Waals surface area contributed by atoms with Crippen molar-refractivity contribution in [2.24, 2.45) is 0 Å². The van der Waals surface area contributed by atoms with Gasteiger partial charge in [-0.15, -0.1) is 0 Å². The Morgan fingerprint density at radius 2 is 1.75 bits per heavy atom. The summed E-state index contributed by atoms with van der Waals surface area (Å²) in [5.41, 5.74) is 2.52. The molecule has 0 aliphatic heterocycles. The number of carbonyl (C=O) groups excluding carboxylic acids is 1. The average molecular weight is 335 g/mol. The van der Waals surface area contributed by atoms with E-state index in [1.165, 1.54) is 12.1 Å². The molecule has 128 valence electrons. The van der Waals surface area contributed by atoms with Crippen LogP contribution in [-0.4, -0.2) is 17.6 Å². The van der Waals surface area contributed by atoms with Gasteiger partial charge in [0.1, 0.15) is 5.75 Å². The summed E-state index contributed by atoms with van der Waals surface area (Å²) in [6, 6.07) is 13.6. The van der Waals surface area contributed by atoms with Crippen molar-refractivity contribution >= 4 is 5.91 Å². The lowest BCUT2D eigenvalue weighted by Gasteiger charge is -2.09. The summed E-state index contributed by atoms with van der Waals surface area (Å²) in [5.74, 6) is -0.0190. The first-order valence-electron chi connectivity index (χ1n) is 7.56. The molecule has 0 fully saturated rings. The van der Waals surface area contributed by atoms with Crippen LogP contribution in [0.3, 0.4) is 0 Å². The van der Waals surface area contributed by atoms with Crippen molar-refractivity contribution in [3.63, 3.8) is 0 Å². The first-order valence-corrected chi connectivity index (χ1v) is 7.56. The van der Waals surface area contributed by atoms with Gasteiger partial charge in [0.05, 0.1) is 6.61 Å². The molecular formula is C18H19F2NO3. The number of aliphatic hydroxyl groups is 1. The number of ether oxygens (including phenoxy) is 1. The van der Waals surface area contributed by atoms with Gasteiger partial charge in [0.15, 0.2) is 0 Å². The minimum Gasteiger partial charge on any atom is -0.435 e. The molecule has 0 aromatic heterocycles. The predicted molar refractivity (Wildman–Crippen MR) is 85.6 cm³/mol. The predicted octanol–water partition coefficient (Wildman–Crippen LogP) is 3.03. The Balaban J connectivity index is 1.78. The molecule has 2 rings (SSSR count). The summed E-state index contributed by atoms with van der Waals surface area (Å²) in [6.45, 7) is -2.56. The van der Waals surface area contributed by atoms with Gasteiger partial charge in [0.25, 0.3) is 0 Å². The Hall–Kier alpha value is -2.47. The first-order chi connectivity index (χ1) is 11.6. The summed E-state index contributed by atoms with van der Waals surface area (Å²) >= 11 is 0. The summed E-state index contributed by atoms with van der Waals surface area (Å²) in [6.07, 6.45) is 0.790. The molecule has 2 N–H and O–H groups in total. The Kier molecular flexibility index (Phi) is 6.69. The maximum absolute atomic E-state index is 12.1. The van der Waals surface area contributed by atoms with E-state index >= 15 is 0 Å². The van der Waals surface area contributed by atoms with Gasteiger partial charge in [-0.2, -0.15) is 8.78 Å². The van der Waals surface area contributed by atoms with Crippen molar-refractivity contribution in [2.45, 2.75) is 32.6 Å². The van der Waals surface area contributed by atoms with E-state index in [0.717, 1.165) is 16.7 Å². The second-order valence-electron chi connectivity index (χ2n) is 5.23. The monoisotopic (exact) mass is 335 g/mol. The third-order valence-corrected chi connectivity index (χ3v) is 3.55. The zero-order valence-electron chi connectivity index (χ0n) is 13.0. The van der Waals surface area contributed by atoms with E-state index in [1.54, 1.807) is 12.1 Å². The molecule has 0 bridgehead atoms. The highest BCUT2D eigenvalue weighted by molar-refractivity contribution is 5.76. The van der Waals surface area contributed by atoms with E-state index in [4.69, 9.17) is 0 Å². The van der Waals surface area contributed by atoms with E-state index in [0.29, 0.717) is 13.0 Å². The molecule has 0 heterocycles. The number of hydrogen-bond acceptors (Lipinski definition) is 3. The molecule has 2 aromatic carbocycles. The van der Waals surface area contributed by atoms with Gasteiger partial charge < -0.3 is 15.2 Å². The van der Waals surface area contributed by atoms with Gasteiger partial charge in [-0.05, 0) is 35.2 Å². The minimum atomic E-state index is -2.84. The largest absolute Gasteiger partial charge is 0.435 e. The number of nitrogens with one attached hydrogen (secondary N) is 1. The van der Waals surface area contributed by atoms with Crippen molar-refractivity contribution in [3.8, 4) is 5.75 Å². The van der Waals surface area contributed by atoms with Crippen molar-refractivity contribution in [3.05, 3.63) is 65.2 Å². The van der Waals surface area contributed by atoms with Crippen molar-refractivity contribution < 1.29 is 23.4 Å². The fraction of sp³-hybridized carbons (Fsp3) is 0.278. The molecule has 0 aliphatic rings. The number of rotatable bonds is 8. The van der Waals surface area contributed by atoms with Gasteiger partial charge in [-0.3, -0.25) is 4.79 Å². The van der Waals surface area contributed by atoms with Crippen LogP contribution in [0.25, 0.3) is 0 Å². The summed E-state index contributed by atoms with van der Waals surface area (Å²) in [4.78, 5) is 11.9. The molecule has 4 nitrogen and oxygen atoms in total. The van der Waals surface area contributed by atoms with Crippen LogP contribution >= 0.6 is 0 Å². The quantitative estimate of drug-likeness (QED) is 0.780. The number of hydrogen-bond donors (Lipinski definition) is 2. The molecular weight excluding hydrogens is 316 g/mol. The SMILES string of the molecule is O=C(CCc1ccc(OC(F)F)cc1)NCc1ccccc1CO. The van der Waals surface area contributed by atoms with Crippen LogP contribution in [0.2, 0.25) is 0 Å². The third-order valence-electron chi connectivity index (χ3n) is 3.55. The lowest BCUT2D eigenvalue weighted by Crippen LogP contribution is -2.23. The van der Waals surface area contributed by atoms with E-state index < -0.39 is 6.61 Å². The molecule has 0 unspecified atom stereocenters. The number of aliphatic hydroxyl groups excluding tert-OH is 1. The third kappa shape index (κ3) is 5.62. The Bertz CT molecular complexity index is 660. The Labute approximate surface area is 139 Å². The van der Waals surface area contributed by atoms with Gasteiger partial charge in [0, 0.05) is 13.0 Å². The maximum atomic E-state index is 12.1. The van der Waals surface area contributed by atoms with Crippen LogP contribution in [0.5, 0.6) is 5.75 Å². The molecule has 0 atom stereocenters. The highest BCUT2D eigenvalue weighted by Crippen LogP contribution is 2.16. The van der Waals surface area contributed by atoms with Crippen molar-refractivity contribution in [1.29, 1.82) is 0 Å². The fourth-order valence-corrected chi connectivity index (χ4v) is 2.26. The summed E-state index contributed by atoms with van der Waals surface area (Å²) < 4.78 is 28.4. The minimum absolute atomic E-state index is 0.0704. The van der Waals surface area contributed by atoms with Gasteiger partial charge >= 0.3 is 6.61 Å². The molecule has 0 spiro atoms. The smallest absolute Gasteiger partial charge is 0.387 e. The Morgan fingerprint density at radius 1 is 1.08 bits per heavy atom. The molecule has 24 heavy (non-hydrogen) atoms. The molecule has 0 saturated heterocycles. The number of amides is 1. The number of aryl methyl sites for hydroxylation is 1. The molecule has 0 saturated carbocycles. The maximum Gasteiger partial charge on any atom is 0.387 e. The Morgan fingerprint density at radius 3 is 2.38 bits per heavy atom. The van der Waals surface area contributed by atoms with Crippen LogP contribution in [-0.2, 0) is 24.4 Å². The zero-order chi connectivity index (χ0) is 17.4. The van der Waals surface area contributed by atoms with Crippen LogP contribution in [0.4, 0.5) is 8.78 Å². The number of benzene rings is 2. The molecule has 2 aromatic rings. The van der Waals surface area contributed by atoms with Crippen molar-refractivity contribution in [1.82, 2.24) is 5.32 Å². The normalized spacial score (nSPS) is 10.7. The summed E-state index contributed by atoms with van der Waals surface area (Å²) in [5, 5.41) is 12.1. The van der Waals surface area contributed by atoms with Crippen molar-refractivity contribution in [2.75, 3.05) is 0 Å². The lowest BCUT2D eigenvalue weighted by atomic mass is 10.1. The highest BCUT2D eigenvalue weighted by Gasteiger charge is 2.06. The molecule has 1 amide bonds. The summed E-state index contributed by atoms with van der Waals surface area (Å²) in [7, 11) is 0. The highest BCUT2D eigenvalue weighted by atomic mass is 19.3. The van der Waals surface area contributed by atoms with Crippen LogP contribution in [0.1, 0.15) is 23.1 Å². The van der Waals surface area contributed by atoms with Gasteiger partial charge in [-0.25, -0.2) is 0 Å². The van der Waals surface area contributed by atoms with Crippen LogP contribution in [0.15, 0.2) is 48.5 Å². The molecule has 0 radical (unpaired) electrons. The number of carbonyl (C=O) groups is 1. The fourth-order valence-electron chi connectivity index (χ4n) is 2.26. The van der Waals surface area contributed by atoms with E-state index in [-0.39, 0.29) is 24.7 Å². The standard InChI is InChI=1S/C18H19F2NO3/c19-18(20)24-16-8-5-13(6-9-16)7-10-17(23)21-11-14-3-1-2-4-15(14)12-22/h1-6,8-9,18,22H,7,10-12H2,(H,21,23). The number of halogens is 2. The topological polar surface area (TPSA) is 58.6 Å². The lowest BCUT2D eigenvalue weighted by molar-refractivity contribution is -0.121. The van der Waals surface area contributed by atoms with E-state index in [2.05, 4.69) is 10.1 Å². The van der Waals surface area contributed by atoms with Gasteiger partial charge in [-0.1, -0.05) is 36.4 Å².